The van der Waals surface area contributed by atoms with Crippen molar-refractivity contribution in [3.05, 3.63) is 30.5 Å². The quantitative estimate of drug-likeness (QED) is 0.855. The molecule has 5 heteroatoms. The Balaban J connectivity index is 2.13. The molecule has 19 heavy (non-hydrogen) atoms. The fourth-order valence-corrected chi connectivity index (χ4v) is 2.90. The molecular weight excluding hydrogens is 238 g/mol. The van der Waals surface area contributed by atoms with Crippen LogP contribution in [-0.2, 0) is 0 Å². The van der Waals surface area contributed by atoms with Gasteiger partial charge in [-0.25, -0.2) is 4.98 Å². The molecular formula is C14H19N5. The molecule has 0 radical (unpaired) electrons. The van der Waals surface area contributed by atoms with Crippen LogP contribution in [0.5, 0.6) is 0 Å². The van der Waals surface area contributed by atoms with Crippen LogP contribution in [0, 0.1) is 5.92 Å². The van der Waals surface area contributed by atoms with Crippen LogP contribution in [0.2, 0.25) is 0 Å². The van der Waals surface area contributed by atoms with Crippen LogP contribution in [0.3, 0.4) is 0 Å². The summed E-state index contributed by atoms with van der Waals surface area (Å²) in [6.07, 6.45) is 6.85. The van der Waals surface area contributed by atoms with Gasteiger partial charge in [-0.05, 0) is 25.3 Å². The first-order valence-electron chi connectivity index (χ1n) is 6.63. The molecule has 3 rings (SSSR count). The van der Waals surface area contributed by atoms with E-state index in [1.54, 1.807) is 13.2 Å². The van der Waals surface area contributed by atoms with Crippen molar-refractivity contribution >= 4 is 16.9 Å². The van der Waals surface area contributed by atoms with E-state index in [4.69, 9.17) is 5.73 Å². The second-order valence-corrected chi connectivity index (χ2v) is 5.15. The third-order valence-corrected chi connectivity index (χ3v) is 3.94. The Morgan fingerprint density at radius 3 is 3.11 bits per heavy atom. The normalized spacial score (nSPS) is 24.2. The maximum absolute atomic E-state index is 6.01. The number of H-pyrrole nitrogens is 1. The number of nitrogens with one attached hydrogen (secondary N) is 1. The maximum Gasteiger partial charge on any atom is 0.154 e. The zero-order valence-electron chi connectivity index (χ0n) is 11.1. The van der Waals surface area contributed by atoms with Crippen LogP contribution in [0.25, 0.3) is 16.9 Å². The lowest BCUT2D eigenvalue weighted by atomic mass is 10.0. The van der Waals surface area contributed by atoms with Gasteiger partial charge in [0.2, 0.25) is 0 Å². The van der Waals surface area contributed by atoms with E-state index in [1.807, 2.05) is 12.3 Å². The summed E-state index contributed by atoms with van der Waals surface area (Å²) in [7, 11) is 1.78. The van der Waals surface area contributed by atoms with Crippen LogP contribution in [0.4, 0.5) is 0 Å². The van der Waals surface area contributed by atoms with Crippen molar-refractivity contribution in [1.82, 2.24) is 14.5 Å². The van der Waals surface area contributed by atoms with Crippen molar-refractivity contribution in [1.29, 1.82) is 0 Å². The van der Waals surface area contributed by atoms with Crippen molar-refractivity contribution in [2.24, 2.45) is 16.6 Å². The molecule has 0 spiro atoms. The van der Waals surface area contributed by atoms with Crippen LogP contribution in [-0.4, -0.2) is 27.6 Å². The van der Waals surface area contributed by atoms with Gasteiger partial charge in [-0.3, -0.25) is 9.56 Å². The number of hydrogen-bond acceptors (Lipinski definition) is 3. The molecule has 0 amide bonds. The summed E-state index contributed by atoms with van der Waals surface area (Å²) in [6, 6.07) is 2.31. The van der Waals surface area contributed by atoms with E-state index in [1.165, 1.54) is 0 Å². The molecule has 0 bridgehead atoms. The van der Waals surface area contributed by atoms with Gasteiger partial charge in [-0.2, -0.15) is 0 Å². The van der Waals surface area contributed by atoms with Gasteiger partial charge < -0.3 is 10.7 Å². The van der Waals surface area contributed by atoms with Crippen LogP contribution >= 0.6 is 0 Å². The molecule has 0 unspecified atom stereocenters. The van der Waals surface area contributed by atoms with Crippen molar-refractivity contribution in [2.45, 2.75) is 25.3 Å². The average molecular weight is 257 g/mol. The fourth-order valence-electron chi connectivity index (χ4n) is 2.90. The molecule has 1 aliphatic rings. The Morgan fingerprint density at radius 2 is 2.42 bits per heavy atom. The lowest BCUT2D eigenvalue weighted by Crippen LogP contribution is -2.24. The number of rotatable bonds is 2. The Kier molecular flexibility index (Phi) is 2.98. The monoisotopic (exact) mass is 257 g/mol. The number of fused-ring (bicyclic) bond motifs is 1. The number of nitrogens with two attached hydrogens (primary N) is 1. The number of aromatic amines is 1. The SMILES string of the molecule is C=C([C@H]1CC[C@@H](N)C1)n1/c(=N\C)cnc2[nH]ccc21. The Labute approximate surface area is 111 Å². The second kappa shape index (κ2) is 4.66. The number of aromatic nitrogens is 3. The van der Waals surface area contributed by atoms with Crippen LogP contribution < -0.4 is 11.2 Å². The molecule has 5 nitrogen and oxygen atoms in total. The lowest BCUT2D eigenvalue weighted by molar-refractivity contribution is 0.642. The molecule has 1 fully saturated rings. The van der Waals surface area contributed by atoms with Crippen LogP contribution in [0.1, 0.15) is 19.3 Å². The van der Waals surface area contributed by atoms with E-state index in [9.17, 15) is 0 Å². The van der Waals surface area contributed by atoms with Crippen molar-refractivity contribution in [2.75, 3.05) is 7.05 Å². The maximum atomic E-state index is 6.01. The van der Waals surface area contributed by atoms with E-state index >= 15 is 0 Å². The molecule has 2 heterocycles. The zero-order valence-corrected chi connectivity index (χ0v) is 11.1. The van der Waals surface area contributed by atoms with Gasteiger partial charge >= 0.3 is 0 Å². The second-order valence-electron chi connectivity index (χ2n) is 5.15. The predicted molar refractivity (Wildman–Crippen MR) is 76.2 cm³/mol. The van der Waals surface area contributed by atoms with E-state index in [-0.39, 0.29) is 0 Å². The molecule has 0 aliphatic heterocycles. The number of nitrogens with zero attached hydrogens (tertiary/aromatic N) is 3. The highest BCUT2D eigenvalue weighted by atomic mass is 15.1. The van der Waals surface area contributed by atoms with Crippen molar-refractivity contribution in [3.8, 4) is 0 Å². The van der Waals surface area contributed by atoms with Gasteiger partial charge in [0, 0.05) is 30.9 Å². The minimum atomic E-state index is 0.299. The summed E-state index contributed by atoms with van der Waals surface area (Å²) in [5.74, 6) is 0.431. The largest absolute Gasteiger partial charge is 0.345 e. The van der Waals surface area contributed by atoms with Gasteiger partial charge in [-0.1, -0.05) is 6.58 Å². The van der Waals surface area contributed by atoms with E-state index in [2.05, 4.69) is 26.1 Å². The van der Waals surface area contributed by atoms with Gasteiger partial charge in [0.25, 0.3) is 0 Å². The van der Waals surface area contributed by atoms with E-state index in [0.717, 1.165) is 41.6 Å². The van der Waals surface area contributed by atoms with E-state index < -0.39 is 0 Å². The summed E-state index contributed by atoms with van der Waals surface area (Å²) < 4.78 is 2.10. The smallest absolute Gasteiger partial charge is 0.154 e. The number of allylic oxidation sites excluding steroid dienone is 1. The summed E-state index contributed by atoms with van der Waals surface area (Å²) in [5.41, 5.74) is 9.79. The van der Waals surface area contributed by atoms with Crippen LogP contribution in [0.15, 0.2) is 30.0 Å². The first-order chi connectivity index (χ1) is 9.20. The molecule has 2 aromatic heterocycles. The molecule has 3 N–H and O–H groups in total. The molecule has 100 valence electrons. The fraction of sp³-hybridized carbons (Fsp3) is 0.429. The molecule has 1 aliphatic carbocycles. The Morgan fingerprint density at radius 1 is 1.58 bits per heavy atom. The lowest BCUT2D eigenvalue weighted by Gasteiger charge is -2.18. The highest BCUT2D eigenvalue weighted by Crippen LogP contribution is 2.32. The summed E-state index contributed by atoms with van der Waals surface area (Å²) in [5, 5.41) is 0. The zero-order chi connectivity index (χ0) is 13.4. The Hall–Kier alpha value is -1.88. The molecule has 0 saturated heterocycles. The number of hydrogen-bond donors (Lipinski definition) is 2. The summed E-state index contributed by atoms with van der Waals surface area (Å²) in [6.45, 7) is 4.29. The minimum Gasteiger partial charge on any atom is -0.345 e. The third-order valence-electron chi connectivity index (χ3n) is 3.94. The topological polar surface area (TPSA) is 72.0 Å². The molecule has 2 atom stereocenters. The van der Waals surface area contributed by atoms with Gasteiger partial charge in [0.15, 0.2) is 11.1 Å². The Bertz CT molecular complexity index is 678. The van der Waals surface area contributed by atoms with Gasteiger partial charge in [0.1, 0.15) is 0 Å². The van der Waals surface area contributed by atoms with Crippen molar-refractivity contribution < 1.29 is 0 Å². The predicted octanol–water partition coefficient (Wildman–Crippen LogP) is 1.49. The van der Waals surface area contributed by atoms with E-state index in [0.29, 0.717) is 12.0 Å². The molecule has 1 saturated carbocycles. The molecule has 0 aromatic carbocycles. The summed E-state index contributed by atoms with van der Waals surface area (Å²) in [4.78, 5) is 11.8. The third kappa shape index (κ3) is 2.00. The first kappa shape index (κ1) is 12.2. The highest BCUT2D eigenvalue weighted by molar-refractivity contribution is 5.75. The van der Waals surface area contributed by atoms with Gasteiger partial charge in [-0.15, -0.1) is 0 Å². The summed E-state index contributed by atoms with van der Waals surface area (Å²) >= 11 is 0. The first-order valence-corrected chi connectivity index (χ1v) is 6.63. The molecule has 2 aromatic rings. The highest BCUT2D eigenvalue weighted by Gasteiger charge is 2.25. The standard InChI is InChI=1S/C14H19N5/c1-9(10-3-4-11(15)7-10)19-12-5-6-17-14(12)18-8-13(19)16-2/h5-6,8,10-11,17H,1,3-4,7,15H2,2H3/b16-13-/t10-,11+/m0/s1. The van der Waals surface area contributed by atoms with Gasteiger partial charge in [0.05, 0.1) is 11.7 Å². The van der Waals surface area contributed by atoms with Crippen molar-refractivity contribution in [3.63, 3.8) is 0 Å². The average Bonchev–Trinajstić information content (AvgIpc) is 3.04. The minimum absolute atomic E-state index is 0.299.